The third-order valence-electron chi connectivity index (χ3n) is 1.34. The van der Waals surface area contributed by atoms with Gasteiger partial charge in [0.2, 0.25) is 0 Å². The van der Waals surface area contributed by atoms with Crippen molar-refractivity contribution >= 4 is 0 Å². The maximum absolute atomic E-state index is 8.50. The minimum atomic E-state index is -0.150. The summed E-state index contributed by atoms with van der Waals surface area (Å²) in [5.74, 6) is 0. The van der Waals surface area contributed by atoms with Gasteiger partial charge in [-0.1, -0.05) is 12.7 Å². The van der Waals surface area contributed by atoms with Crippen LogP contribution in [0.25, 0.3) is 0 Å². The average molecular weight is 142 g/mol. The zero-order chi connectivity index (χ0) is 8.15. The number of rotatable bonds is 3. The highest BCUT2D eigenvalue weighted by molar-refractivity contribution is 5.28. The first-order valence-corrected chi connectivity index (χ1v) is 3.14. The van der Waals surface area contributed by atoms with Crippen LogP contribution in [-0.4, -0.2) is 11.2 Å². The minimum Gasteiger partial charge on any atom is -0.399 e. The quantitative estimate of drug-likeness (QED) is 0.403. The van der Waals surface area contributed by atoms with Gasteiger partial charge in [-0.15, -0.1) is 0 Å². The monoisotopic (exact) mass is 142 g/mol. The molecule has 0 spiro atoms. The van der Waals surface area contributed by atoms with E-state index in [4.69, 9.17) is 10.9 Å². The molecule has 0 aromatic carbocycles. The zero-order valence-electron chi connectivity index (χ0n) is 6.39. The van der Waals surface area contributed by atoms with Crippen molar-refractivity contribution in [1.82, 2.24) is 5.48 Å². The Labute approximate surface area is 61.2 Å². The van der Waals surface area contributed by atoms with E-state index in [1.54, 1.807) is 6.92 Å². The first-order chi connectivity index (χ1) is 4.63. The second-order valence-corrected chi connectivity index (χ2v) is 2.12. The molecule has 0 aliphatic rings. The van der Waals surface area contributed by atoms with E-state index in [1.165, 1.54) is 0 Å². The number of allylic oxidation sites excluding steroid dienone is 1. The van der Waals surface area contributed by atoms with Gasteiger partial charge in [-0.2, -0.15) is 5.48 Å². The van der Waals surface area contributed by atoms with E-state index in [-0.39, 0.29) is 6.04 Å². The first-order valence-electron chi connectivity index (χ1n) is 3.14. The number of nitrogens with one attached hydrogen (secondary N) is 1. The van der Waals surface area contributed by atoms with Crippen LogP contribution in [0.1, 0.15) is 13.8 Å². The molecule has 0 saturated carbocycles. The Hall–Kier alpha value is -0.800. The predicted molar refractivity (Wildman–Crippen MR) is 41.5 cm³/mol. The molecule has 58 valence electrons. The molecule has 0 aliphatic carbocycles. The van der Waals surface area contributed by atoms with E-state index in [9.17, 15) is 0 Å². The Balaban J connectivity index is 4.23. The van der Waals surface area contributed by atoms with Gasteiger partial charge in [0.05, 0.1) is 6.04 Å². The van der Waals surface area contributed by atoms with Crippen LogP contribution in [0.3, 0.4) is 0 Å². The maximum Gasteiger partial charge on any atom is 0.0557 e. The van der Waals surface area contributed by atoms with E-state index >= 15 is 0 Å². The lowest BCUT2D eigenvalue weighted by Crippen LogP contribution is -2.26. The summed E-state index contributed by atoms with van der Waals surface area (Å²) in [6, 6.07) is -0.150. The van der Waals surface area contributed by atoms with Crippen LogP contribution in [0, 0.1) is 0 Å². The Morgan fingerprint density at radius 2 is 2.30 bits per heavy atom. The summed E-state index contributed by atoms with van der Waals surface area (Å²) in [4.78, 5) is 0. The van der Waals surface area contributed by atoms with E-state index in [0.717, 1.165) is 5.57 Å². The standard InChI is InChI=1S/C7H14N2O/c1-4-7(5(2)8)6(3)9-10/h4,6,9-10H,2,8H2,1,3H3/b7-4+. The van der Waals surface area contributed by atoms with Gasteiger partial charge in [0.15, 0.2) is 0 Å². The predicted octanol–water partition coefficient (Wildman–Crippen LogP) is 0.772. The Morgan fingerprint density at radius 3 is 2.40 bits per heavy atom. The fraction of sp³-hybridized carbons (Fsp3) is 0.429. The minimum absolute atomic E-state index is 0.150. The molecular formula is C7H14N2O. The number of hydroxylamine groups is 1. The van der Waals surface area contributed by atoms with Gasteiger partial charge in [0.25, 0.3) is 0 Å². The highest BCUT2D eigenvalue weighted by atomic mass is 16.5. The summed E-state index contributed by atoms with van der Waals surface area (Å²) in [5.41, 5.74) is 8.80. The summed E-state index contributed by atoms with van der Waals surface area (Å²) in [7, 11) is 0. The smallest absolute Gasteiger partial charge is 0.0557 e. The molecule has 3 heteroatoms. The van der Waals surface area contributed by atoms with Crippen molar-refractivity contribution in [1.29, 1.82) is 0 Å². The second-order valence-electron chi connectivity index (χ2n) is 2.12. The lowest BCUT2D eigenvalue weighted by molar-refractivity contribution is 0.146. The molecule has 0 fully saturated rings. The fourth-order valence-corrected chi connectivity index (χ4v) is 0.783. The van der Waals surface area contributed by atoms with Gasteiger partial charge in [-0.25, -0.2) is 0 Å². The molecule has 0 rings (SSSR count). The number of hydrogen-bond acceptors (Lipinski definition) is 3. The van der Waals surface area contributed by atoms with Crippen molar-refractivity contribution in [3.8, 4) is 0 Å². The third-order valence-corrected chi connectivity index (χ3v) is 1.34. The van der Waals surface area contributed by atoms with Gasteiger partial charge < -0.3 is 10.9 Å². The molecule has 10 heavy (non-hydrogen) atoms. The van der Waals surface area contributed by atoms with Crippen LogP contribution in [-0.2, 0) is 0 Å². The van der Waals surface area contributed by atoms with Gasteiger partial charge in [0.1, 0.15) is 0 Å². The molecule has 0 bridgehead atoms. The van der Waals surface area contributed by atoms with E-state index in [2.05, 4.69) is 12.1 Å². The third kappa shape index (κ3) is 2.21. The summed E-state index contributed by atoms with van der Waals surface area (Å²) in [6.07, 6.45) is 1.82. The molecular weight excluding hydrogens is 128 g/mol. The van der Waals surface area contributed by atoms with Crippen LogP contribution in [0.2, 0.25) is 0 Å². The molecule has 4 N–H and O–H groups in total. The molecule has 3 nitrogen and oxygen atoms in total. The van der Waals surface area contributed by atoms with Crippen LogP contribution in [0.4, 0.5) is 0 Å². The number of hydrogen-bond donors (Lipinski definition) is 3. The van der Waals surface area contributed by atoms with Gasteiger partial charge in [0, 0.05) is 5.70 Å². The lowest BCUT2D eigenvalue weighted by Gasteiger charge is -2.12. The Morgan fingerprint density at radius 1 is 1.80 bits per heavy atom. The van der Waals surface area contributed by atoms with Crippen LogP contribution in [0.15, 0.2) is 23.9 Å². The zero-order valence-corrected chi connectivity index (χ0v) is 6.39. The molecule has 0 aliphatic heterocycles. The first kappa shape index (κ1) is 9.20. The highest BCUT2D eigenvalue weighted by Crippen LogP contribution is 2.06. The largest absolute Gasteiger partial charge is 0.399 e. The SMILES string of the molecule is C=C(N)/C(=C\C)C(C)NO. The van der Waals surface area contributed by atoms with E-state index in [0.29, 0.717) is 5.70 Å². The summed E-state index contributed by atoms with van der Waals surface area (Å²) < 4.78 is 0. The highest BCUT2D eigenvalue weighted by Gasteiger charge is 2.05. The summed E-state index contributed by atoms with van der Waals surface area (Å²) in [6.45, 7) is 7.20. The molecule has 0 heterocycles. The summed E-state index contributed by atoms with van der Waals surface area (Å²) in [5, 5.41) is 8.50. The van der Waals surface area contributed by atoms with Crippen molar-refractivity contribution in [3.05, 3.63) is 23.9 Å². The van der Waals surface area contributed by atoms with Crippen molar-refractivity contribution in [3.63, 3.8) is 0 Å². The molecule has 1 unspecified atom stereocenters. The topological polar surface area (TPSA) is 58.3 Å². The summed E-state index contributed by atoms with van der Waals surface area (Å²) >= 11 is 0. The molecule has 0 aromatic heterocycles. The van der Waals surface area contributed by atoms with Crippen LogP contribution in [0.5, 0.6) is 0 Å². The maximum atomic E-state index is 8.50. The van der Waals surface area contributed by atoms with Gasteiger partial charge in [-0.05, 0) is 19.4 Å². The van der Waals surface area contributed by atoms with Crippen molar-refractivity contribution < 1.29 is 5.21 Å². The normalized spacial score (nSPS) is 14.9. The van der Waals surface area contributed by atoms with E-state index < -0.39 is 0 Å². The second kappa shape index (κ2) is 4.09. The molecule has 0 amide bonds. The van der Waals surface area contributed by atoms with Crippen LogP contribution >= 0.6 is 0 Å². The van der Waals surface area contributed by atoms with Gasteiger partial charge >= 0.3 is 0 Å². The Bertz CT molecular complexity index is 152. The Kier molecular flexibility index (Phi) is 3.76. The molecule has 1 atom stereocenters. The fourth-order valence-electron chi connectivity index (χ4n) is 0.783. The molecule has 0 aromatic rings. The van der Waals surface area contributed by atoms with Crippen molar-refractivity contribution in [2.75, 3.05) is 0 Å². The molecule has 0 radical (unpaired) electrons. The van der Waals surface area contributed by atoms with Crippen molar-refractivity contribution in [2.45, 2.75) is 19.9 Å². The van der Waals surface area contributed by atoms with E-state index in [1.807, 2.05) is 13.0 Å². The average Bonchev–Trinajstić information content (AvgIpc) is 1.88. The number of nitrogens with two attached hydrogens (primary N) is 1. The van der Waals surface area contributed by atoms with Gasteiger partial charge in [-0.3, -0.25) is 0 Å². The van der Waals surface area contributed by atoms with Crippen LogP contribution < -0.4 is 11.2 Å². The van der Waals surface area contributed by atoms with Crippen molar-refractivity contribution in [2.24, 2.45) is 5.73 Å². The lowest BCUT2D eigenvalue weighted by atomic mass is 10.1. The molecule has 0 saturated heterocycles.